The Balaban J connectivity index is 1.45. The van der Waals surface area contributed by atoms with Crippen LogP contribution in [0.25, 0.3) is 0 Å². The third-order valence-electron chi connectivity index (χ3n) is 4.82. The van der Waals surface area contributed by atoms with Gasteiger partial charge >= 0.3 is 20.2 Å². The lowest BCUT2D eigenvalue weighted by Crippen LogP contribution is -2.34. The molecule has 1 aromatic heterocycles. The van der Waals surface area contributed by atoms with Gasteiger partial charge in [-0.1, -0.05) is 23.2 Å². The molecule has 0 radical (unpaired) electrons. The van der Waals surface area contributed by atoms with Gasteiger partial charge in [0.25, 0.3) is 5.92 Å². The van der Waals surface area contributed by atoms with Gasteiger partial charge in [0, 0.05) is 30.3 Å². The van der Waals surface area contributed by atoms with Crippen LogP contribution < -0.4 is 15.3 Å². The van der Waals surface area contributed by atoms with Crippen LogP contribution in [0.2, 0.25) is 10.0 Å². The van der Waals surface area contributed by atoms with E-state index in [0.717, 1.165) is 4.57 Å². The van der Waals surface area contributed by atoms with Gasteiger partial charge in [0.15, 0.2) is 0 Å². The van der Waals surface area contributed by atoms with Crippen LogP contribution in [0.1, 0.15) is 19.1 Å². The number of esters is 1. The Hall–Kier alpha value is -1.88. The Morgan fingerprint density at radius 2 is 2.15 bits per heavy atom. The predicted octanol–water partition coefficient (Wildman–Crippen LogP) is 3.70. The van der Waals surface area contributed by atoms with Crippen LogP contribution in [-0.4, -0.2) is 46.8 Å². The summed E-state index contributed by atoms with van der Waals surface area (Å²) in [5.41, 5.74) is -0.854. The topological polar surface area (TPSA) is 101 Å². The van der Waals surface area contributed by atoms with Crippen LogP contribution in [0.15, 0.2) is 41.5 Å². The van der Waals surface area contributed by atoms with Crippen LogP contribution in [0.3, 0.4) is 0 Å². The van der Waals surface area contributed by atoms with Crippen molar-refractivity contribution in [2.75, 3.05) is 13.2 Å². The molecule has 4 atom stereocenters. The number of benzene rings is 1. The van der Waals surface area contributed by atoms with Crippen molar-refractivity contribution in [3.05, 3.63) is 57.2 Å². The molecule has 2 fully saturated rings. The summed E-state index contributed by atoms with van der Waals surface area (Å²) < 4.78 is 51.7. The van der Waals surface area contributed by atoms with Crippen LogP contribution >= 0.6 is 31.7 Å². The molecule has 2 aliphatic heterocycles. The number of carbonyl (C=O) groups is 1. The van der Waals surface area contributed by atoms with Gasteiger partial charge in [0.1, 0.15) is 11.8 Å². The van der Waals surface area contributed by atoms with E-state index in [4.69, 9.17) is 41.7 Å². The van der Waals surface area contributed by atoms with Gasteiger partial charge in [0.2, 0.25) is 6.23 Å². The summed E-state index contributed by atoms with van der Waals surface area (Å²) in [4.78, 5) is 27.2. The van der Waals surface area contributed by atoms with Crippen molar-refractivity contribution in [1.29, 1.82) is 0 Å². The van der Waals surface area contributed by atoms with E-state index in [1.165, 1.54) is 30.6 Å². The van der Waals surface area contributed by atoms with E-state index in [2.05, 4.69) is 10.1 Å². The second-order valence-electron chi connectivity index (χ2n) is 7.24. The zero-order valence-electron chi connectivity index (χ0n) is 16.8. The molecule has 3 heterocycles. The summed E-state index contributed by atoms with van der Waals surface area (Å²) in [5, 5.41) is 3.49. The van der Waals surface area contributed by atoms with Gasteiger partial charge in [0.05, 0.1) is 24.3 Å². The molecule has 14 heteroatoms. The summed E-state index contributed by atoms with van der Waals surface area (Å²) in [5.74, 6) is -3.58. The van der Waals surface area contributed by atoms with Crippen molar-refractivity contribution in [1.82, 2.24) is 14.6 Å². The maximum atomic E-state index is 14.6. The molecule has 2 aliphatic rings. The van der Waals surface area contributed by atoms with E-state index in [1.807, 2.05) is 0 Å². The molecule has 2 aromatic rings. The monoisotopic (exact) mass is 523 g/mol. The minimum atomic E-state index is -3.33. The molecule has 0 aliphatic carbocycles. The summed E-state index contributed by atoms with van der Waals surface area (Å²) in [7, 11) is -2.01. The van der Waals surface area contributed by atoms with Crippen molar-refractivity contribution < 1.29 is 32.1 Å². The zero-order chi connectivity index (χ0) is 23.6. The average molecular weight is 524 g/mol. The lowest BCUT2D eigenvalue weighted by molar-refractivity contribution is -0.139. The number of hydrogen-bond donors (Lipinski definition) is 1. The molecule has 178 valence electrons. The number of nitrogens with zero attached hydrogens (tertiary/aromatic N) is 2. The number of ether oxygens (including phenoxy) is 2. The van der Waals surface area contributed by atoms with Gasteiger partial charge in [-0.05, 0) is 24.3 Å². The molecule has 0 amide bonds. The first kappa shape index (κ1) is 24.3. The van der Waals surface area contributed by atoms with Crippen molar-refractivity contribution in [3.8, 4) is 5.75 Å². The highest BCUT2D eigenvalue weighted by Gasteiger charge is 2.52. The first-order chi connectivity index (χ1) is 15.7. The van der Waals surface area contributed by atoms with Gasteiger partial charge < -0.3 is 18.5 Å². The minimum Gasteiger partial charge on any atom is -0.464 e. The lowest BCUT2D eigenvalue weighted by atomic mass is 10.2. The molecule has 4 rings (SSSR count). The molecular formula is C19H18Cl2F2N3O6P. The molecule has 2 saturated heterocycles. The molecule has 0 saturated carbocycles. The molecule has 9 nitrogen and oxygen atoms in total. The van der Waals surface area contributed by atoms with E-state index in [0.29, 0.717) is 11.4 Å². The number of halogens is 4. The highest BCUT2D eigenvalue weighted by atomic mass is 35.5. The third kappa shape index (κ3) is 5.79. The standard InChI is InChI=1S/C19H18Cl2F2N3O6P/c20-11-2-3-15(13(21)8-11)32-33(25-14-4-7-29-16(14)27)30-10-12-9-19(22,23)17(31-12)26-6-1-5-24-18(26)28/h1-3,5-6,8,12,14,17,25H,4,7,9-10H2/t12?,14-,17?,33?/m0/s1. The minimum absolute atomic E-state index is 0.203. The van der Waals surface area contributed by atoms with Crippen LogP contribution in [0.4, 0.5) is 8.78 Å². The third-order valence-corrected chi connectivity index (χ3v) is 6.62. The first-order valence-electron chi connectivity index (χ1n) is 9.78. The SMILES string of the molecule is O=C1OCC[C@@H]1NP(OCC1CC(F)(F)C(n2cccnc2=O)O1)Oc1ccc(Cl)cc1Cl. The van der Waals surface area contributed by atoms with Crippen LogP contribution in [0.5, 0.6) is 5.75 Å². The quantitative estimate of drug-likeness (QED) is 0.413. The van der Waals surface area contributed by atoms with Gasteiger partial charge in [-0.25, -0.2) is 23.6 Å². The second-order valence-corrected chi connectivity index (χ2v) is 9.30. The Morgan fingerprint density at radius 3 is 2.85 bits per heavy atom. The van der Waals surface area contributed by atoms with Gasteiger partial charge in [-0.15, -0.1) is 0 Å². The fourth-order valence-electron chi connectivity index (χ4n) is 3.27. The Labute approximate surface area is 197 Å². The maximum absolute atomic E-state index is 14.6. The smallest absolute Gasteiger partial charge is 0.349 e. The fourth-order valence-corrected chi connectivity index (χ4v) is 5.08. The highest BCUT2D eigenvalue weighted by Crippen LogP contribution is 2.45. The normalized spacial score (nSPS) is 25.1. The lowest BCUT2D eigenvalue weighted by Gasteiger charge is -2.22. The fraction of sp³-hybridized carbons (Fsp3) is 0.421. The number of rotatable bonds is 8. The summed E-state index contributed by atoms with van der Waals surface area (Å²) in [6.07, 6.45) is -0.772. The molecule has 0 bridgehead atoms. The molecule has 0 spiro atoms. The van der Waals surface area contributed by atoms with Crippen molar-refractivity contribution in [3.63, 3.8) is 0 Å². The number of nitrogens with one attached hydrogen (secondary N) is 1. The number of carbonyl (C=O) groups excluding carboxylic acids is 1. The molecule has 1 N–H and O–H groups in total. The summed E-state index contributed by atoms with van der Waals surface area (Å²) >= 11 is 12.0. The van der Waals surface area contributed by atoms with E-state index in [1.54, 1.807) is 6.07 Å². The second kappa shape index (κ2) is 10.2. The Bertz CT molecular complexity index is 1080. The van der Waals surface area contributed by atoms with E-state index in [9.17, 15) is 18.4 Å². The number of alkyl halides is 2. The largest absolute Gasteiger partial charge is 0.464 e. The molecule has 33 heavy (non-hydrogen) atoms. The Kier molecular flexibility index (Phi) is 7.47. The van der Waals surface area contributed by atoms with E-state index in [-0.39, 0.29) is 24.0 Å². The summed E-state index contributed by atoms with van der Waals surface area (Å²) in [6, 6.07) is 5.21. The molecule has 3 unspecified atom stereocenters. The van der Waals surface area contributed by atoms with Crippen LogP contribution in [0, 0.1) is 0 Å². The predicted molar refractivity (Wildman–Crippen MR) is 114 cm³/mol. The molecular weight excluding hydrogens is 506 g/mol. The Morgan fingerprint density at radius 1 is 1.33 bits per heavy atom. The number of cyclic esters (lactones) is 1. The van der Waals surface area contributed by atoms with Crippen molar-refractivity contribution >= 4 is 37.7 Å². The first-order valence-corrected chi connectivity index (χ1v) is 11.7. The maximum Gasteiger partial charge on any atom is 0.349 e. The average Bonchev–Trinajstić information content (AvgIpc) is 3.30. The summed E-state index contributed by atoms with van der Waals surface area (Å²) in [6.45, 7) is -0.0618. The number of aromatic nitrogens is 2. The highest BCUT2D eigenvalue weighted by molar-refractivity contribution is 7.45. The van der Waals surface area contributed by atoms with Crippen LogP contribution in [-0.2, 0) is 18.8 Å². The van der Waals surface area contributed by atoms with Gasteiger partial charge in [-0.3, -0.25) is 9.36 Å². The number of hydrogen-bond acceptors (Lipinski definition) is 8. The van der Waals surface area contributed by atoms with Gasteiger partial charge in [-0.2, -0.15) is 0 Å². The van der Waals surface area contributed by atoms with Crippen molar-refractivity contribution in [2.24, 2.45) is 0 Å². The van der Waals surface area contributed by atoms with Crippen molar-refractivity contribution in [2.45, 2.75) is 37.1 Å². The molecule has 1 aromatic carbocycles. The van der Waals surface area contributed by atoms with E-state index < -0.39 is 50.9 Å². The zero-order valence-corrected chi connectivity index (χ0v) is 19.2. The van der Waals surface area contributed by atoms with E-state index >= 15 is 0 Å².